The smallest absolute Gasteiger partial charge is 0.264 e. The van der Waals surface area contributed by atoms with Crippen LogP contribution in [0.2, 0.25) is 0 Å². The zero-order chi connectivity index (χ0) is 10.9. The Hall–Kier alpha value is -0.870. The number of hydrogen-bond acceptors (Lipinski definition) is 3. The minimum Gasteiger partial charge on any atom is -0.265 e. The van der Waals surface area contributed by atoms with Gasteiger partial charge in [0.05, 0.1) is 12.9 Å². The van der Waals surface area contributed by atoms with Crippen LogP contribution in [0.4, 0.5) is 0 Å². The maximum absolute atomic E-state index is 10.8. The van der Waals surface area contributed by atoms with Crippen molar-refractivity contribution in [3.63, 3.8) is 0 Å². The third kappa shape index (κ3) is 3.32. The van der Waals surface area contributed by atoms with Gasteiger partial charge >= 0.3 is 0 Å². The highest BCUT2D eigenvalue weighted by Gasteiger charge is 2.22. The lowest BCUT2D eigenvalue weighted by molar-refractivity contribution is 0.311. The summed E-state index contributed by atoms with van der Waals surface area (Å²) in [6, 6.07) is 7.97. The van der Waals surface area contributed by atoms with E-state index in [2.05, 4.69) is 12.1 Å². The van der Waals surface area contributed by atoms with Crippen LogP contribution in [0, 0.1) is 0 Å². The molecule has 1 aromatic rings. The van der Waals surface area contributed by atoms with Crippen LogP contribution >= 0.6 is 0 Å². The topological polar surface area (TPSA) is 43.4 Å². The van der Waals surface area contributed by atoms with Gasteiger partial charge < -0.3 is 0 Å². The Bertz CT molecular complexity index is 429. The Morgan fingerprint density at radius 2 is 1.87 bits per heavy atom. The maximum Gasteiger partial charge on any atom is 0.264 e. The first kappa shape index (κ1) is 10.6. The van der Waals surface area contributed by atoms with Gasteiger partial charge in [0, 0.05) is 0 Å². The van der Waals surface area contributed by atoms with Crippen molar-refractivity contribution in [1.29, 1.82) is 0 Å². The van der Waals surface area contributed by atoms with Gasteiger partial charge in [0.15, 0.2) is 0 Å². The van der Waals surface area contributed by atoms with Gasteiger partial charge in [-0.2, -0.15) is 8.42 Å². The molecular weight excluding hydrogens is 212 g/mol. The van der Waals surface area contributed by atoms with Crippen molar-refractivity contribution >= 4 is 10.1 Å². The van der Waals surface area contributed by atoms with Crippen molar-refractivity contribution < 1.29 is 12.6 Å². The first-order valence-corrected chi connectivity index (χ1v) is 6.79. The summed E-state index contributed by atoms with van der Waals surface area (Å²) in [6.07, 6.45) is 3.62. The molecule has 0 aliphatic heterocycles. The molecule has 0 saturated heterocycles. The van der Waals surface area contributed by atoms with Gasteiger partial charge in [0.2, 0.25) is 0 Å². The van der Waals surface area contributed by atoms with Crippen LogP contribution in [-0.4, -0.2) is 14.7 Å². The highest BCUT2D eigenvalue weighted by molar-refractivity contribution is 7.85. The summed E-state index contributed by atoms with van der Waals surface area (Å²) in [5, 5.41) is 0. The summed E-state index contributed by atoms with van der Waals surface area (Å²) in [7, 11) is -3.34. The second kappa shape index (κ2) is 3.94. The largest absolute Gasteiger partial charge is 0.265 e. The SMILES string of the molecule is CS(=O)(=O)OCc1ccc(C2CC2)cc1. The van der Waals surface area contributed by atoms with E-state index in [-0.39, 0.29) is 6.61 Å². The molecule has 1 fully saturated rings. The van der Waals surface area contributed by atoms with Gasteiger partial charge in [0.25, 0.3) is 10.1 Å². The van der Waals surface area contributed by atoms with Crippen LogP contribution in [0.25, 0.3) is 0 Å². The lowest BCUT2D eigenvalue weighted by Gasteiger charge is -2.03. The lowest BCUT2D eigenvalue weighted by atomic mass is 10.1. The Labute approximate surface area is 90.2 Å². The Morgan fingerprint density at radius 3 is 2.33 bits per heavy atom. The van der Waals surface area contributed by atoms with E-state index in [9.17, 15) is 8.42 Å². The fourth-order valence-corrected chi connectivity index (χ4v) is 1.83. The molecule has 0 atom stereocenters. The normalized spacial score (nSPS) is 16.6. The van der Waals surface area contributed by atoms with E-state index in [0.29, 0.717) is 0 Å². The van der Waals surface area contributed by atoms with Gasteiger partial charge in [0.1, 0.15) is 0 Å². The van der Waals surface area contributed by atoms with Gasteiger partial charge in [-0.15, -0.1) is 0 Å². The Balaban J connectivity index is 1.97. The summed E-state index contributed by atoms with van der Waals surface area (Å²) in [4.78, 5) is 0. The third-order valence-corrected chi connectivity index (χ3v) is 3.01. The van der Waals surface area contributed by atoms with Crippen molar-refractivity contribution in [2.45, 2.75) is 25.4 Å². The molecule has 3 nitrogen and oxygen atoms in total. The molecule has 15 heavy (non-hydrogen) atoms. The fraction of sp³-hybridized carbons (Fsp3) is 0.455. The molecule has 1 aliphatic rings. The van der Waals surface area contributed by atoms with Crippen LogP contribution in [0.5, 0.6) is 0 Å². The maximum atomic E-state index is 10.8. The van der Waals surface area contributed by atoms with Crippen LogP contribution in [0.1, 0.15) is 29.9 Å². The minimum absolute atomic E-state index is 0.129. The van der Waals surface area contributed by atoms with Gasteiger partial charge in [-0.05, 0) is 29.9 Å². The number of benzene rings is 1. The lowest BCUT2D eigenvalue weighted by Crippen LogP contribution is -2.02. The van der Waals surface area contributed by atoms with Crippen LogP contribution < -0.4 is 0 Å². The van der Waals surface area contributed by atoms with E-state index in [4.69, 9.17) is 4.18 Å². The predicted octanol–water partition coefficient (Wildman–Crippen LogP) is 2.04. The quantitative estimate of drug-likeness (QED) is 0.738. The van der Waals surface area contributed by atoms with E-state index >= 15 is 0 Å². The minimum atomic E-state index is -3.34. The molecule has 0 spiro atoms. The van der Waals surface area contributed by atoms with Gasteiger partial charge in [-0.3, -0.25) is 4.18 Å². The summed E-state index contributed by atoms with van der Waals surface area (Å²) >= 11 is 0. The highest BCUT2D eigenvalue weighted by Crippen LogP contribution is 2.39. The molecule has 0 unspecified atom stereocenters. The molecular formula is C11H14O3S. The highest BCUT2D eigenvalue weighted by atomic mass is 32.2. The van der Waals surface area contributed by atoms with Crippen molar-refractivity contribution in [2.75, 3.05) is 6.26 Å². The van der Waals surface area contributed by atoms with Crippen LogP contribution in [-0.2, 0) is 20.9 Å². The van der Waals surface area contributed by atoms with Crippen LogP contribution in [0.3, 0.4) is 0 Å². The standard InChI is InChI=1S/C11H14O3S/c1-15(12,13)14-8-9-2-4-10(5-3-9)11-6-7-11/h2-5,11H,6-8H2,1H3. The average Bonchev–Trinajstić information content (AvgIpc) is 2.98. The van der Waals surface area contributed by atoms with Crippen LogP contribution in [0.15, 0.2) is 24.3 Å². The fourth-order valence-electron chi connectivity index (χ4n) is 1.48. The van der Waals surface area contributed by atoms with E-state index in [1.165, 1.54) is 18.4 Å². The van der Waals surface area contributed by atoms with E-state index < -0.39 is 10.1 Å². The first-order chi connectivity index (χ1) is 7.04. The van der Waals surface area contributed by atoms with E-state index in [1.54, 1.807) is 0 Å². The van der Waals surface area contributed by atoms with Gasteiger partial charge in [-0.25, -0.2) is 0 Å². The van der Waals surface area contributed by atoms with E-state index in [1.807, 2.05) is 12.1 Å². The summed E-state index contributed by atoms with van der Waals surface area (Å²) in [6.45, 7) is 0.129. The van der Waals surface area contributed by atoms with Crippen molar-refractivity contribution in [1.82, 2.24) is 0 Å². The molecule has 1 aromatic carbocycles. The summed E-state index contributed by atoms with van der Waals surface area (Å²) in [5.74, 6) is 0.731. The number of hydrogen-bond donors (Lipinski definition) is 0. The second-order valence-electron chi connectivity index (χ2n) is 3.98. The number of rotatable bonds is 4. The molecule has 0 radical (unpaired) electrons. The monoisotopic (exact) mass is 226 g/mol. The Morgan fingerprint density at radius 1 is 1.27 bits per heavy atom. The second-order valence-corrected chi connectivity index (χ2v) is 5.63. The predicted molar refractivity (Wildman–Crippen MR) is 58.0 cm³/mol. The zero-order valence-corrected chi connectivity index (χ0v) is 9.46. The molecule has 1 saturated carbocycles. The first-order valence-electron chi connectivity index (χ1n) is 4.98. The Kier molecular flexibility index (Phi) is 2.80. The van der Waals surface area contributed by atoms with E-state index in [0.717, 1.165) is 17.7 Å². The molecule has 1 aliphatic carbocycles. The van der Waals surface area contributed by atoms with Crippen molar-refractivity contribution in [3.05, 3.63) is 35.4 Å². The average molecular weight is 226 g/mol. The van der Waals surface area contributed by atoms with Crippen molar-refractivity contribution in [3.8, 4) is 0 Å². The molecule has 0 bridgehead atoms. The molecule has 82 valence electrons. The zero-order valence-electron chi connectivity index (χ0n) is 8.64. The molecule has 0 amide bonds. The third-order valence-electron chi connectivity index (χ3n) is 2.47. The summed E-state index contributed by atoms with van der Waals surface area (Å²) in [5.41, 5.74) is 2.24. The molecule has 4 heteroatoms. The van der Waals surface area contributed by atoms with Gasteiger partial charge in [-0.1, -0.05) is 24.3 Å². The molecule has 2 rings (SSSR count). The molecule has 0 N–H and O–H groups in total. The molecule has 0 heterocycles. The van der Waals surface area contributed by atoms with Crippen molar-refractivity contribution in [2.24, 2.45) is 0 Å². The summed E-state index contributed by atoms with van der Waals surface area (Å²) < 4.78 is 26.2. The molecule has 0 aromatic heterocycles.